The zero-order valence-electron chi connectivity index (χ0n) is 10.5. The van der Waals surface area contributed by atoms with Crippen LogP contribution in [0, 0.1) is 6.92 Å². The van der Waals surface area contributed by atoms with Gasteiger partial charge in [-0.1, -0.05) is 31.9 Å². The van der Waals surface area contributed by atoms with Crippen molar-refractivity contribution in [3.63, 3.8) is 0 Å². The van der Waals surface area contributed by atoms with Crippen LogP contribution in [0.2, 0.25) is 0 Å². The minimum atomic E-state index is 0.269. The molecule has 0 spiro atoms. The van der Waals surface area contributed by atoms with Gasteiger partial charge >= 0.3 is 0 Å². The molecule has 2 heteroatoms. The Balaban J connectivity index is 2.18. The SMILES string of the molecule is [CH2]c1ccc2c(c1)CCC(=O)N2CCCCC. The highest BCUT2D eigenvalue weighted by Crippen LogP contribution is 2.28. The molecule has 0 aliphatic carbocycles. The van der Waals surface area contributed by atoms with Gasteiger partial charge in [-0.05, 0) is 37.0 Å². The number of carbonyl (C=O) groups excluding carboxylic acids is 1. The van der Waals surface area contributed by atoms with Gasteiger partial charge in [0, 0.05) is 18.7 Å². The largest absolute Gasteiger partial charge is 0.312 e. The lowest BCUT2D eigenvalue weighted by molar-refractivity contribution is -0.118. The van der Waals surface area contributed by atoms with Crippen molar-refractivity contribution in [2.45, 2.75) is 39.0 Å². The highest BCUT2D eigenvalue weighted by Gasteiger charge is 2.23. The molecule has 2 nitrogen and oxygen atoms in total. The van der Waals surface area contributed by atoms with Crippen LogP contribution in [0.25, 0.3) is 0 Å². The third kappa shape index (κ3) is 2.68. The van der Waals surface area contributed by atoms with Crippen LogP contribution >= 0.6 is 0 Å². The molecule has 0 saturated carbocycles. The van der Waals surface area contributed by atoms with E-state index >= 15 is 0 Å². The lowest BCUT2D eigenvalue weighted by atomic mass is 9.99. The highest BCUT2D eigenvalue weighted by molar-refractivity contribution is 5.96. The van der Waals surface area contributed by atoms with Gasteiger partial charge in [0.1, 0.15) is 0 Å². The number of aryl methyl sites for hydroxylation is 1. The topological polar surface area (TPSA) is 20.3 Å². The van der Waals surface area contributed by atoms with Crippen molar-refractivity contribution in [1.29, 1.82) is 0 Å². The monoisotopic (exact) mass is 230 g/mol. The van der Waals surface area contributed by atoms with Crippen LogP contribution in [0.4, 0.5) is 5.69 Å². The Morgan fingerprint density at radius 3 is 2.88 bits per heavy atom. The van der Waals surface area contributed by atoms with Crippen molar-refractivity contribution in [3.8, 4) is 0 Å². The van der Waals surface area contributed by atoms with Crippen LogP contribution in [0.3, 0.4) is 0 Å². The summed E-state index contributed by atoms with van der Waals surface area (Å²) in [5, 5.41) is 0. The fourth-order valence-corrected chi connectivity index (χ4v) is 2.38. The molecule has 1 aliphatic rings. The quantitative estimate of drug-likeness (QED) is 0.726. The highest BCUT2D eigenvalue weighted by atomic mass is 16.2. The van der Waals surface area contributed by atoms with E-state index in [2.05, 4.69) is 19.9 Å². The number of hydrogen-bond acceptors (Lipinski definition) is 1. The zero-order valence-corrected chi connectivity index (χ0v) is 10.5. The predicted molar refractivity (Wildman–Crippen MR) is 71.1 cm³/mol. The van der Waals surface area contributed by atoms with Gasteiger partial charge in [-0.15, -0.1) is 0 Å². The van der Waals surface area contributed by atoms with Gasteiger partial charge in [-0.2, -0.15) is 0 Å². The molecule has 1 amide bonds. The summed E-state index contributed by atoms with van der Waals surface area (Å²) in [4.78, 5) is 13.9. The van der Waals surface area contributed by atoms with E-state index in [9.17, 15) is 4.79 Å². The molecule has 0 bridgehead atoms. The number of nitrogens with zero attached hydrogens (tertiary/aromatic N) is 1. The van der Waals surface area contributed by atoms with Crippen molar-refractivity contribution in [2.75, 3.05) is 11.4 Å². The Morgan fingerprint density at radius 1 is 1.29 bits per heavy atom. The van der Waals surface area contributed by atoms with Crippen LogP contribution < -0.4 is 4.90 Å². The Morgan fingerprint density at radius 2 is 2.12 bits per heavy atom. The molecule has 1 aliphatic heterocycles. The minimum Gasteiger partial charge on any atom is -0.312 e. The number of rotatable bonds is 4. The van der Waals surface area contributed by atoms with Gasteiger partial charge in [-0.25, -0.2) is 0 Å². The first-order chi connectivity index (χ1) is 8.22. The molecule has 1 radical (unpaired) electrons. The first-order valence-corrected chi connectivity index (χ1v) is 6.47. The smallest absolute Gasteiger partial charge is 0.227 e. The van der Waals surface area contributed by atoms with Crippen LogP contribution in [0.1, 0.15) is 43.7 Å². The van der Waals surface area contributed by atoms with Crippen molar-refractivity contribution in [1.82, 2.24) is 0 Å². The fraction of sp³-hybridized carbons (Fsp3) is 0.467. The summed E-state index contributed by atoms with van der Waals surface area (Å²) in [6, 6.07) is 6.14. The number of amides is 1. The molecule has 0 N–H and O–H groups in total. The summed E-state index contributed by atoms with van der Waals surface area (Å²) in [6.07, 6.45) is 4.97. The number of fused-ring (bicyclic) bond motifs is 1. The van der Waals surface area contributed by atoms with E-state index in [0.717, 1.165) is 30.6 Å². The second kappa shape index (κ2) is 5.35. The maximum absolute atomic E-state index is 11.9. The Labute approximate surface area is 104 Å². The van der Waals surface area contributed by atoms with E-state index in [1.807, 2.05) is 17.0 Å². The van der Waals surface area contributed by atoms with E-state index in [1.54, 1.807) is 0 Å². The first-order valence-electron chi connectivity index (χ1n) is 6.47. The summed E-state index contributed by atoms with van der Waals surface area (Å²) in [7, 11) is 0. The van der Waals surface area contributed by atoms with Crippen molar-refractivity contribution in [2.24, 2.45) is 0 Å². The number of hydrogen-bond donors (Lipinski definition) is 0. The van der Waals surface area contributed by atoms with Gasteiger partial charge in [-0.3, -0.25) is 4.79 Å². The van der Waals surface area contributed by atoms with Crippen LogP contribution in [0.15, 0.2) is 18.2 Å². The minimum absolute atomic E-state index is 0.269. The molecule has 2 rings (SSSR count). The molecule has 0 aromatic heterocycles. The summed E-state index contributed by atoms with van der Waals surface area (Å²) >= 11 is 0. The number of anilines is 1. The third-order valence-corrected chi connectivity index (χ3v) is 3.33. The van der Waals surface area contributed by atoms with E-state index in [0.29, 0.717) is 6.42 Å². The molecule has 17 heavy (non-hydrogen) atoms. The average Bonchev–Trinajstić information content (AvgIpc) is 2.32. The summed E-state index contributed by atoms with van der Waals surface area (Å²) in [6.45, 7) is 6.98. The van der Waals surface area contributed by atoms with E-state index < -0.39 is 0 Å². The average molecular weight is 230 g/mol. The molecule has 1 aromatic rings. The Bertz CT molecular complexity index is 411. The van der Waals surface area contributed by atoms with Gasteiger partial charge in [0.05, 0.1) is 0 Å². The second-order valence-electron chi connectivity index (χ2n) is 4.72. The molecule has 91 valence electrons. The van der Waals surface area contributed by atoms with E-state index in [1.165, 1.54) is 18.4 Å². The van der Waals surface area contributed by atoms with Gasteiger partial charge < -0.3 is 4.90 Å². The van der Waals surface area contributed by atoms with Crippen molar-refractivity contribution < 1.29 is 4.79 Å². The number of carbonyl (C=O) groups is 1. The maximum Gasteiger partial charge on any atom is 0.227 e. The van der Waals surface area contributed by atoms with E-state index in [-0.39, 0.29) is 5.91 Å². The lowest BCUT2D eigenvalue weighted by Crippen LogP contribution is -2.35. The van der Waals surface area contributed by atoms with Gasteiger partial charge in [0.25, 0.3) is 0 Å². The summed E-state index contributed by atoms with van der Waals surface area (Å²) in [5.74, 6) is 0.269. The van der Waals surface area contributed by atoms with E-state index in [4.69, 9.17) is 0 Å². The van der Waals surface area contributed by atoms with Crippen LogP contribution in [0.5, 0.6) is 0 Å². The van der Waals surface area contributed by atoms with Crippen molar-refractivity contribution >= 4 is 11.6 Å². The lowest BCUT2D eigenvalue weighted by Gasteiger charge is -2.29. The maximum atomic E-state index is 11.9. The molecule has 1 aromatic carbocycles. The van der Waals surface area contributed by atoms with Crippen LogP contribution in [-0.2, 0) is 11.2 Å². The van der Waals surface area contributed by atoms with Gasteiger partial charge in [0.15, 0.2) is 0 Å². The number of benzene rings is 1. The first kappa shape index (κ1) is 12.2. The Hall–Kier alpha value is -1.31. The molecule has 0 saturated heterocycles. The molecule has 0 fully saturated rings. The normalized spacial score (nSPS) is 14.9. The summed E-state index contributed by atoms with van der Waals surface area (Å²) < 4.78 is 0. The molecular formula is C15H20NO. The van der Waals surface area contributed by atoms with Crippen LogP contribution in [-0.4, -0.2) is 12.5 Å². The standard InChI is InChI=1S/C15H20NO/c1-3-4-5-10-16-14-8-6-12(2)11-13(14)7-9-15(16)17/h6,8,11H,2-5,7,9-10H2,1H3. The number of unbranched alkanes of at least 4 members (excludes halogenated alkanes) is 2. The summed E-state index contributed by atoms with van der Waals surface area (Å²) in [5.41, 5.74) is 3.41. The molecule has 1 heterocycles. The fourth-order valence-electron chi connectivity index (χ4n) is 2.38. The molecule has 0 atom stereocenters. The van der Waals surface area contributed by atoms with Crippen molar-refractivity contribution in [3.05, 3.63) is 36.2 Å². The zero-order chi connectivity index (χ0) is 12.3. The molecule has 0 unspecified atom stereocenters. The second-order valence-corrected chi connectivity index (χ2v) is 4.72. The molecular weight excluding hydrogens is 210 g/mol. The third-order valence-electron chi connectivity index (χ3n) is 3.33. The van der Waals surface area contributed by atoms with Gasteiger partial charge in [0.2, 0.25) is 5.91 Å². The Kier molecular flexibility index (Phi) is 3.82. The predicted octanol–water partition coefficient (Wildman–Crippen LogP) is 3.34.